The number of hydrogen-bond donors (Lipinski definition) is 1. The fraction of sp³-hybridized carbons (Fsp3) is 0.412. The van der Waals surface area contributed by atoms with E-state index in [0.717, 1.165) is 31.2 Å². The molecule has 3 rings (SSSR count). The van der Waals surface area contributed by atoms with Crippen LogP contribution in [0.2, 0.25) is 0 Å². The summed E-state index contributed by atoms with van der Waals surface area (Å²) in [6.07, 6.45) is 6.67. The van der Waals surface area contributed by atoms with Gasteiger partial charge < -0.3 is 10.6 Å². The van der Waals surface area contributed by atoms with Gasteiger partial charge in [0.25, 0.3) is 0 Å². The quantitative estimate of drug-likeness (QED) is 0.937. The number of nitrogen functional groups attached to an aromatic ring is 1. The molecule has 0 unspecified atom stereocenters. The first-order chi connectivity index (χ1) is 10.3. The van der Waals surface area contributed by atoms with Crippen molar-refractivity contribution in [3.05, 3.63) is 48.2 Å². The van der Waals surface area contributed by atoms with Crippen LogP contribution in [0.25, 0.3) is 0 Å². The molecule has 21 heavy (non-hydrogen) atoms. The molecule has 1 atom stereocenters. The van der Waals surface area contributed by atoms with Crippen molar-refractivity contribution < 1.29 is 0 Å². The SMILES string of the molecule is Nc1nccc(N2CCC[C@@H](CCc3ccccc3)C2)n1. The summed E-state index contributed by atoms with van der Waals surface area (Å²) in [7, 11) is 0. The molecule has 1 aliphatic rings. The lowest BCUT2D eigenvalue weighted by Crippen LogP contribution is -2.36. The van der Waals surface area contributed by atoms with Crippen molar-refractivity contribution in [2.45, 2.75) is 25.7 Å². The van der Waals surface area contributed by atoms with Crippen molar-refractivity contribution in [2.75, 3.05) is 23.7 Å². The zero-order valence-corrected chi connectivity index (χ0v) is 12.3. The lowest BCUT2D eigenvalue weighted by Gasteiger charge is -2.33. The highest BCUT2D eigenvalue weighted by atomic mass is 15.2. The van der Waals surface area contributed by atoms with Gasteiger partial charge in [-0.2, -0.15) is 4.98 Å². The van der Waals surface area contributed by atoms with Crippen LogP contribution in [0.5, 0.6) is 0 Å². The third-order valence-corrected chi connectivity index (χ3v) is 4.19. The van der Waals surface area contributed by atoms with Crippen molar-refractivity contribution in [1.82, 2.24) is 9.97 Å². The maximum Gasteiger partial charge on any atom is 0.221 e. The molecule has 2 aromatic rings. The number of hydrogen-bond acceptors (Lipinski definition) is 4. The molecule has 0 saturated carbocycles. The van der Waals surface area contributed by atoms with Gasteiger partial charge >= 0.3 is 0 Å². The van der Waals surface area contributed by atoms with E-state index in [0.29, 0.717) is 5.95 Å². The average molecular weight is 282 g/mol. The van der Waals surface area contributed by atoms with E-state index in [2.05, 4.69) is 45.2 Å². The van der Waals surface area contributed by atoms with Crippen LogP contribution in [-0.4, -0.2) is 23.1 Å². The predicted molar refractivity (Wildman–Crippen MR) is 86.1 cm³/mol. The summed E-state index contributed by atoms with van der Waals surface area (Å²) in [5, 5.41) is 0. The molecule has 2 heterocycles. The molecular weight excluding hydrogens is 260 g/mol. The average Bonchev–Trinajstić information content (AvgIpc) is 2.54. The van der Waals surface area contributed by atoms with Crippen molar-refractivity contribution in [1.29, 1.82) is 0 Å². The zero-order chi connectivity index (χ0) is 14.5. The second-order valence-corrected chi connectivity index (χ2v) is 5.75. The highest BCUT2D eigenvalue weighted by Crippen LogP contribution is 2.25. The molecule has 0 bridgehead atoms. The van der Waals surface area contributed by atoms with Gasteiger partial charge in [-0.3, -0.25) is 0 Å². The summed E-state index contributed by atoms with van der Waals surface area (Å²) < 4.78 is 0. The van der Waals surface area contributed by atoms with Crippen LogP contribution in [0.4, 0.5) is 11.8 Å². The van der Waals surface area contributed by atoms with Gasteiger partial charge in [-0.15, -0.1) is 0 Å². The molecule has 110 valence electrons. The Morgan fingerprint density at radius 2 is 2.05 bits per heavy atom. The van der Waals surface area contributed by atoms with Crippen LogP contribution in [0.1, 0.15) is 24.8 Å². The molecular formula is C17H22N4. The highest BCUT2D eigenvalue weighted by Gasteiger charge is 2.20. The molecule has 0 spiro atoms. The number of piperidine rings is 1. The van der Waals surface area contributed by atoms with E-state index in [1.54, 1.807) is 6.20 Å². The van der Waals surface area contributed by atoms with Crippen LogP contribution in [0.3, 0.4) is 0 Å². The third kappa shape index (κ3) is 3.72. The van der Waals surface area contributed by atoms with Gasteiger partial charge in [0.2, 0.25) is 5.95 Å². The summed E-state index contributed by atoms with van der Waals surface area (Å²) >= 11 is 0. The molecule has 0 amide bonds. The number of nitrogens with two attached hydrogens (primary N) is 1. The van der Waals surface area contributed by atoms with Crippen LogP contribution in [0.15, 0.2) is 42.6 Å². The molecule has 1 aliphatic heterocycles. The number of aromatic nitrogens is 2. The predicted octanol–water partition coefficient (Wildman–Crippen LogP) is 2.91. The Morgan fingerprint density at radius 3 is 2.86 bits per heavy atom. The van der Waals surface area contributed by atoms with Gasteiger partial charge in [-0.05, 0) is 43.2 Å². The maximum atomic E-state index is 5.69. The molecule has 0 aliphatic carbocycles. The van der Waals surface area contributed by atoms with Crippen LogP contribution in [-0.2, 0) is 6.42 Å². The number of benzene rings is 1. The number of nitrogens with zero attached hydrogens (tertiary/aromatic N) is 3. The van der Waals surface area contributed by atoms with Crippen molar-refractivity contribution in [3.63, 3.8) is 0 Å². The zero-order valence-electron chi connectivity index (χ0n) is 12.3. The summed E-state index contributed by atoms with van der Waals surface area (Å²) in [6, 6.07) is 12.7. The minimum atomic E-state index is 0.360. The monoisotopic (exact) mass is 282 g/mol. The van der Waals surface area contributed by atoms with Crippen molar-refractivity contribution >= 4 is 11.8 Å². The lowest BCUT2D eigenvalue weighted by atomic mass is 9.91. The topological polar surface area (TPSA) is 55.0 Å². The van der Waals surface area contributed by atoms with Crippen LogP contribution in [0, 0.1) is 5.92 Å². The van der Waals surface area contributed by atoms with Gasteiger partial charge in [0.05, 0.1) is 0 Å². The first-order valence-electron chi connectivity index (χ1n) is 7.68. The normalized spacial score (nSPS) is 18.7. The van der Waals surface area contributed by atoms with E-state index < -0.39 is 0 Å². The van der Waals surface area contributed by atoms with E-state index in [9.17, 15) is 0 Å². The first-order valence-corrected chi connectivity index (χ1v) is 7.68. The van der Waals surface area contributed by atoms with E-state index >= 15 is 0 Å². The Morgan fingerprint density at radius 1 is 1.19 bits per heavy atom. The first kappa shape index (κ1) is 13.9. The molecule has 2 N–H and O–H groups in total. The Balaban J connectivity index is 1.58. The summed E-state index contributed by atoms with van der Waals surface area (Å²) in [5.41, 5.74) is 7.12. The summed E-state index contributed by atoms with van der Waals surface area (Å²) in [4.78, 5) is 10.7. The van der Waals surface area contributed by atoms with Crippen LogP contribution < -0.4 is 10.6 Å². The smallest absolute Gasteiger partial charge is 0.221 e. The number of anilines is 2. The highest BCUT2D eigenvalue weighted by molar-refractivity contribution is 5.41. The minimum Gasteiger partial charge on any atom is -0.368 e. The second kappa shape index (κ2) is 6.57. The van der Waals surface area contributed by atoms with Crippen LogP contribution >= 0.6 is 0 Å². The molecule has 0 radical (unpaired) electrons. The van der Waals surface area contributed by atoms with E-state index in [1.165, 1.54) is 24.8 Å². The molecule has 1 aromatic carbocycles. The Labute approximate surface area is 126 Å². The van der Waals surface area contributed by atoms with E-state index in [-0.39, 0.29) is 0 Å². The van der Waals surface area contributed by atoms with E-state index in [1.807, 2.05) is 6.07 Å². The van der Waals surface area contributed by atoms with Gasteiger partial charge in [0, 0.05) is 19.3 Å². The second-order valence-electron chi connectivity index (χ2n) is 5.75. The van der Waals surface area contributed by atoms with Gasteiger partial charge in [0.15, 0.2) is 0 Å². The third-order valence-electron chi connectivity index (χ3n) is 4.19. The van der Waals surface area contributed by atoms with E-state index in [4.69, 9.17) is 5.73 Å². The Hall–Kier alpha value is -2.10. The van der Waals surface area contributed by atoms with Crippen molar-refractivity contribution in [2.24, 2.45) is 5.92 Å². The molecule has 4 nitrogen and oxygen atoms in total. The number of aryl methyl sites for hydroxylation is 1. The van der Waals surface area contributed by atoms with Gasteiger partial charge in [0.1, 0.15) is 5.82 Å². The fourth-order valence-corrected chi connectivity index (χ4v) is 3.06. The summed E-state index contributed by atoms with van der Waals surface area (Å²) in [6.45, 7) is 2.14. The molecule has 1 aromatic heterocycles. The molecule has 4 heteroatoms. The minimum absolute atomic E-state index is 0.360. The van der Waals surface area contributed by atoms with Gasteiger partial charge in [-0.25, -0.2) is 4.98 Å². The Kier molecular flexibility index (Phi) is 4.34. The molecule has 1 fully saturated rings. The largest absolute Gasteiger partial charge is 0.368 e. The standard InChI is InChI=1S/C17H22N4/c18-17-19-11-10-16(20-17)21-12-4-7-15(13-21)9-8-14-5-2-1-3-6-14/h1-3,5-6,10-11,15H,4,7-9,12-13H2,(H2,18,19,20)/t15-/m0/s1. The number of rotatable bonds is 4. The molecule has 1 saturated heterocycles. The summed E-state index contributed by atoms with van der Waals surface area (Å²) in [5.74, 6) is 2.06. The maximum absolute atomic E-state index is 5.69. The fourth-order valence-electron chi connectivity index (χ4n) is 3.06. The van der Waals surface area contributed by atoms with Gasteiger partial charge in [-0.1, -0.05) is 30.3 Å². The lowest BCUT2D eigenvalue weighted by molar-refractivity contribution is 0.390. The Bertz CT molecular complexity index is 570. The van der Waals surface area contributed by atoms with Crippen molar-refractivity contribution in [3.8, 4) is 0 Å².